The number of anilines is 2. The number of piperidine rings is 1. The van der Waals surface area contributed by atoms with Crippen LogP contribution in [0.1, 0.15) is 47.7 Å². The molecule has 7 rings (SSSR count). The average Bonchev–Trinajstić information content (AvgIpc) is 3.60. The minimum absolute atomic E-state index is 0.0607. The SMILES string of the molecule is C=S(=O)(c1ccc(C)c(-c2cc3cnc(Nc4ccc(C5CCCN(C)C5)cc4)nc3n(Cc3nccs3)c2=O)c1)C1CCOCC1. The zero-order valence-corrected chi connectivity index (χ0v) is 28.5. The third-order valence-electron chi connectivity index (χ3n) is 9.47. The molecule has 0 amide bonds. The van der Waals surface area contributed by atoms with Crippen LogP contribution >= 0.6 is 11.3 Å². The second-order valence-corrected chi connectivity index (χ2v) is 16.3. The summed E-state index contributed by atoms with van der Waals surface area (Å²) in [5.41, 5.74) is 4.70. The number of nitrogens with one attached hydrogen (secondary N) is 1. The molecule has 2 aromatic carbocycles. The first-order chi connectivity index (χ1) is 22.8. The Bertz CT molecular complexity index is 2050. The van der Waals surface area contributed by atoms with Crippen molar-refractivity contribution in [1.29, 1.82) is 0 Å². The topological polar surface area (TPSA) is 102 Å². The van der Waals surface area contributed by atoms with E-state index in [0.29, 0.717) is 54.0 Å². The number of aryl methyl sites for hydroxylation is 1. The van der Waals surface area contributed by atoms with Crippen molar-refractivity contribution in [3.63, 3.8) is 0 Å². The Hall–Kier alpha value is -3.90. The molecule has 47 heavy (non-hydrogen) atoms. The van der Waals surface area contributed by atoms with Crippen LogP contribution in [-0.4, -0.2) is 73.1 Å². The van der Waals surface area contributed by atoms with Crippen LogP contribution in [0.25, 0.3) is 22.2 Å². The van der Waals surface area contributed by atoms with Gasteiger partial charge in [-0.2, -0.15) is 4.98 Å². The summed E-state index contributed by atoms with van der Waals surface area (Å²) in [5.74, 6) is 5.15. The Kier molecular flexibility index (Phi) is 8.97. The molecule has 2 aliphatic heterocycles. The number of thiazole rings is 1. The van der Waals surface area contributed by atoms with Crippen molar-refractivity contribution in [2.75, 3.05) is 38.7 Å². The number of nitrogens with zero attached hydrogens (tertiary/aromatic N) is 5. The molecule has 2 unspecified atom stereocenters. The van der Waals surface area contributed by atoms with Crippen LogP contribution in [0.5, 0.6) is 0 Å². The molecule has 0 saturated carbocycles. The molecule has 9 nitrogen and oxygen atoms in total. The molecular weight excluding hydrogens is 629 g/mol. The highest BCUT2D eigenvalue weighted by atomic mass is 32.2. The molecule has 5 heterocycles. The molecule has 2 atom stereocenters. The number of benzene rings is 2. The number of hydrogen-bond donors (Lipinski definition) is 1. The zero-order chi connectivity index (χ0) is 32.5. The summed E-state index contributed by atoms with van der Waals surface area (Å²) < 4.78 is 21.2. The van der Waals surface area contributed by atoms with Crippen LogP contribution in [0.4, 0.5) is 11.6 Å². The van der Waals surface area contributed by atoms with Gasteiger partial charge in [-0.1, -0.05) is 18.2 Å². The normalized spacial score (nSPS) is 19.1. The molecule has 1 N–H and O–H groups in total. The van der Waals surface area contributed by atoms with Gasteiger partial charge in [0.25, 0.3) is 5.56 Å². The van der Waals surface area contributed by atoms with Crippen LogP contribution in [-0.2, 0) is 20.8 Å². The number of likely N-dealkylation sites (tertiary alicyclic amines) is 1. The molecule has 0 bridgehead atoms. The second-order valence-electron chi connectivity index (χ2n) is 12.7. The van der Waals surface area contributed by atoms with E-state index in [2.05, 4.69) is 57.4 Å². The lowest BCUT2D eigenvalue weighted by Gasteiger charge is -2.30. The number of likely N-dealkylation sites (N-methyl/N-ethyl adjacent to an activating group) is 1. The van der Waals surface area contributed by atoms with E-state index in [9.17, 15) is 9.00 Å². The molecule has 244 valence electrons. The molecule has 0 spiro atoms. The van der Waals surface area contributed by atoms with E-state index in [0.717, 1.165) is 40.3 Å². The summed E-state index contributed by atoms with van der Waals surface area (Å²) in [4.78, 5) is 31.4. The summed E-state index contributed by atoms with van der Waals surface area (Å²) >= 11 is 1.49. The van der Waals surface area contributed by atoms with Crippen LogP contribution in [0.3, 0.4) is 0 Å². The molecule has 2 aliphatic rings. The van der Waals surface area contributed by atoms with E-state index < -0.39 is 9.52 Å². The van der Waals surface area contributed by atoms with E-state index in [1.54, 1.807) is 17.0 Å². The predicted molar refractivity (Wildman–Crippen MR) is 192 cm³/mol. The van der Waals surface area contributed by atoms with Gasteiger partial charge in [0.05, 0.1) is 6.54 Å². The highest BCUT2D eigenvalue weighted by molar-refractivity contribution is 8.00. The monoisotopic (exact) mass is 668 g/mol. The van der Waals surface area contributed by atoms with Gasteiger partial charge in [0.15, 0.2) is 0 Å². The van der Waals surface area contributed by atoms with Gasteiger partial charge in [-0.3, -0.25) is 13.6 Å². The number of hydrogen-bond acceptors (Lipinski definition) is 9. The van der Waals surface area contributed by atoms with Gasteiger partial charge in [-0.25, -0.2) is 9.97 Å². The summed E-state index contributed by atoms with van der Waals surface area (Å²) in [5, 5.41) is 6.71. The highest BCUT2D eigenvalue weighted by Gasteiger charge is 2.26. The third-order valence-corrected chi connectivity index (χ3v) is 12.8. The van der Waals surface area contributed by atoms with Crippen molar-refractivity contribution >= 4 is 49.4 Å². The van der Waals surface area contributed by atoms with E-state index in [1.165, 1.54) is 29.7 Å². The third kappa shape index (κ3) is 6.62. The number of pyridine rings is 1. The summed E-state index contributed by atoms with van der Waals surface area (Å²) in [6.45, 7) is 5.65. The van der Waals surface area contributed by atoms with Gasteiger partial charge in [-0.05, 0) is 115 Å². The van der Waals surface area contributed by atoms with Crippen molar-refractivity contribution in [3.8, 4) is 11.1 Å². The lowest BCUT2D eigenvalue weighted by Crippen LogP contribution is -2.30. The highest BCUT2D eigenvalue weighted by Crippen LogP contribution is 2.31. The standard InChI is InChI=1S/C36H40N6O3S2/c1-24-6-11-30(47(3,44)29-12-16-45-17-13-29)20-31(24)32-19-27-21-38-36(40-34(27)42(35(32)43)23-33-37-14-18-46-33)39-28-9-7-25(8-10-28)26-5-4-15-41(2)22-26/h6-11,14,18-21,26,29H,3-5,12-13,15-17,22-23H2,1-2H3,(H,38,39,40). The quantitative estimate of drug-likeness (QED) is 0.199. The molecule has 0 aliphatic carbocycles. The first-order valence-electron chi connectivity index (χ1n) is 16.2. The van der Waals surface area contributed by atoms with Crippen LogP contribution < -0.4 is 10.9 Å². The lowest BCUT2D eigenvalue weighted by molar-refractivity contribution is 0.0991. The molecule has 11 heteroatoms. The minimum Gasteiger partial charge on any atom is -0.381 e. The Labute approximate surface area is 279 Å². The number of ether oxygens (including phenoxy) is 1. The van der Waals surface area contributed by atoms with Crippen LogP contribution in [0, 0.1) is 6.92 Å². The second kappa shape index (κ2) is 13.3. The van der Waals surface area contributed by atoms with Gasteiger partial charge >= 0.3 is 0 Å². The maximum Gasteiger partial charge on any atom is 0.260 e. The van der Waals surface area contributed by atoms with Crippen molar-refractivity contribution in [2.45, 2.75) is 55.2 Å². The Morgan fingerprint density at radius 3 is 2.62 bits per heavy atom. The van der Waals surface area contributed by atoms with Gasteiger partial charge in [0.2, 0.25) is 5.95 Å². The minimum atomic E-state index is -2.60. The fourth-order valence-corrected chi connectivity index (χ4v) is 9.35. The zero-order valence-electron chi connectivity index (χ0n) is 26.9. The Morgan fingerprint density at radius 1 is 1.06 bits per heavy atom. The maximum absolute atomic E-state index is 14.4. The van der Waals surface area contributed by atoms with Crippen molar-refractivity contribution < 1.29 is 8.95 Å². The van der Waals surface area contributed by atoms with E-state index in [1.807, 2.05) is 36.6 Å². The number of aromatic nitrogens is 4. The fraction of sp³-hybridized carbons (Fsp3) is 0.361. The van der Waals surface area contributed by atoms with Crippen LogP contribution in [0.2, 0.25) is 0 Å². The van der Waals surface area contributed by atoms with E-state index in [-0.39, 0.29) is 17.4 Å². The molecule has 3 aromatic heterocycles. The number of rotatable bonds is 8. The van der Waals surface area contributed by atoms with Crippen molar-refractivity contribution in [2.24, 2.45) is 0 Å². The molecule has 2 fully saturated rings. The lowest BCUT2D eigenvalue weighted by atomic mass is 9.91. The Morgan fingerprint density at radius 2 is 1.87 bits per heavy atom. The number of fused-ring (bicyclic) bond motifs is 1. The van der Waals surface area contributed by atoms with Gasteiger partial charge in [0, 0.05) is 64.3 Å². The van der Waals surface area contributed by atoms with Crippen molar-refractivity contribution in [3.05, 3.63) is 92.8 Å². The van der Waals surface area contributed by atoms with E-state index >= 15 is 0 Å². The van der Waals surface area contributed by atoms with Crippen molar-refractivity contribution in [1.82, 2.24) is 24.4 Å². The largest absolute Gasteiger partial charge is 0.381 e. The summed E-state index contributed by atoms with van der Waals surface area (Å²) in [6.07, 6.45) is 7.33. The van der Waals surface area contributed by atoms with Gasteiger partial charge in [0.1, 0.15) is 10.7 Å². The summed E-state index contributed by atoms with van der Waals surface area (Å²) in [7, 11) is -0.411. The first kappa shape index (κ1) is 31.7. The first-order valence-corrected chi connectivity index (χ1v) is 18.8. The van der Waals surface area contributed by atoms with Gasteiger partial charge in [-0.15, -0.1) is 11.3 Å². The maximum atomic E-state index is 14.4. The smallest absolute Gasteiger partial charge is 0.260 e. The Balaban J connectivity index is 1.25. The predicted octanol–water partition coefficient (Wildman–Crippen LogP) is 6.08. The fourth-order valence-electron chi connectivity index (χ4n) is 6.79. The molecule has 5 aromatic rings. The molecule has 2 saturated heterocycles. The molecular formula is C36H40N6O3S2. The molecule has 0 radical (unpaired) electrons. The van der Waals surface area contributed by atoms with Crippen LogP contribution in [0.15, 0.2) is 76.0 Å². The van der Waals surface area contributed by atoms with E-state index in [4.69, 9.17) is 9.72 Å². The van der Waals surface area contributed by atoms with Gasteiger partial charge < -0.3 is 15.0 Å². The summed E-state index contributed by atoms with van der Waals surface area (Å²) in [6, 6.07) is 16.1. The average molecular weight is 669 g/mol.